The Morgan fingerprint density at radius 3 is 1.08 bits per heavy atom. The molecule has 0 aliphatic carbocycles. The number of hydrogen-bond acceptors (Lipinski definition) is 2. The molecule has 246 valence electrons. The normalized spacial score (nSPS) is 11.1. The molecular formula is C50H35NS. The van der Waals surface area contributed by atoms with E-state index in [1.54, 1.807) is 0 Å². The Labute approximate surface area is 309 Å². The zero-order valence-electron chi connectivity index (χ0n) is 28.6. The van der Waals surface area contributed by atoms with Gasteiger partial charge in [0.05, 0.1) is 0 Å². The van der Waals surface area contributed by atoms with Gasteiger partial charge in [-0.2, -0.15) is 0 Å². The minimum atomic E-state index is 1.11. The summed E-state index contributed by atoms with van der Waals surface area (Å²) in [5.41, 5.74) is 14.4. The number of thiophene rings is 1. The standard InChI is InChI=1S/C50H35NS/c1-5-13-36(14-6-1)38-21-28-44(29-22-38)51(45-30-23-39(24-31-45)37-15-7-2-8-16-37)46-32-25-40(26-33-46)43-27-34-47-48(35-43)52-50(42-19-11-4-12-20-42)49(47)41-17-9-3-10-18-41/h1-35H. The molecule has 0 N–H and O–H groups in total. The molecule has 0 radical (unpaired) electrons. The summed E-state index contributed by atoms with van der Waals surface area (Å²) < 4.78 is 1.29. The van der Waals surface area contributed by atoms with Crippen molar-refractivity contribution in [3.8, 4) is 54.9 Å². The van der Waals surface area contributed by atoms with Crippen LogP contribution < -0.4 is 4.90 Å². The Kier molecular flexibility index (Phi) is 8.50. The highest BCUT2D eigenvalue weighted by Crippen LogP contribution is 2.46. The molecule has 1 aromatic heterocycles. The Bertz CT molecular complexity index is 2470. The molecule has 0 unspecified atom stereocenters. The molecule has 0 bridgehead atoms. The fourth-order valence-electron chi connectivity index (χ4n) is 7.08. The molecule has 1 heterocycles. The molecule has 9 aromatic rings. The van der Waals surface area contributed by atoms with E-state index in [-0.39, 0.29) is 0 Å². The number of anilines is 3. The number of rotatable bonds is 8. The third-order valence-electron chi connectivity index (χ3n) is 9.71. The number of hydrogen-bond donors (Lipinski definition) is 0. The summed E-state index contributed by atoms with van der Waals surface area (Å²) in [5, 5.41) is 1.29. The Morgan fingerprint density at radius 2 is 0.635 bits per heavy atom. The third-order valence-corrected chi connectivity index (χ3v) is 10.9. The van der Waals surface area contributed by atoms with Gasteiger partial charge in [0.15, 0.2) is 0 Å². The van der Waals surface area contributed by atoms with Gasteiger partial charge >= 0.3 is 0 Å². The van der Waals surface area contributed by atoms with E-state index in [1.165, 1.54) is 65.0 Å². The lowest BCUT2D eigenvalue weighted by molar-refractivity contribution is 1.28. The quantitative estimate of drug-likeness (QED) is 0.154. The molecule has 2 heteroatoms. The van der Waals surface area contributed by atoms with Crippen molar-refractivity contribution in [2.24, 2.45) is 0 Å². The maximum atomic E-state index is 2.36. The van der Waals surface area contributed by atoms with Crippen LogP contribution in [0.5, 0.6) is 0 Å². The zero-order chi connectivity index (χ0) is 34.7. The summed E-state index contributed by atoms with van der Waals surface area (Å²) in [6.45, 7) is 0. The van der Waals surface area contributed by atoms with Crippen LogP contribution in [0.1, 0.15) is 0 Å². The third kappa shape index (κ3) is 6.21. The van der Waals surface area contributed by atoms with Gasteiger partial charge in [-0.1, -0.05) is 170 Å². The summed E-state index contributed by atoms with van der Waals surface area (Å²) in [6.07, 6.45) is 0. The molecule has 0 aliphatic heterocycles. The highest BCUT2D eigenvalue weighted by Gasteiger charge is 2.17. The van der Waals surface area contributed by atoms with Crippen LogP contribution in [0, 0.1) is 0 Å². The maximum Gasteiger partial charge on any atom is 0.0462 e. The first kappa shape index (κ1) is 31.5. The zero-order valence-corrected chi connectivity index (χ0v) is 29.4. The SMILES string of the molecule is c1ccc(-c2ccc(N(c3ccc(-c4ccccc4)cc3)c3ccc(-c4ccc5c(-c6ccccc6)c(-c6ccccc6)sc5c4)cc3)cc2)cc1. The average Bonchev–Trinajstić information content (AvgIpc) is 3.62. The molecule has 0 saturated carbocycles. The van der Waals surface area contributed by atoms with Gasteiger partial charge in [-0.05, 0) is 87.0 Å². The van der Waals surface area contributed by atoms with E-state index in [2.05, 4.69) is 217 Å². The van der Waals surface area contributed by atoms with Gasteiger partial charge < -0.3 is 4.90 Å². The van der Waals surface area contributed by atoms with E-state index in [9.17, 15) is 0 Å². The van der Waals surface area contributed by atoms with Gasteiger partial charge in [0.25, 0.3) is 0 Å². The monoisotopic (exact) mass is 681 g/mol. The van der Waals surface area contributed by atoms with Gasteiger partial charge in [0.1, 0.15) is 0 Å². The van der Waals surface area contributed by atoms with Crippen molar-refractivity contribution in [2.75, 3.05) is 4.90 Å². The van der Waals surface area contributed by atoms with E-state index in [0.29, 0.717) is 0 Å². The molecule has 52 heavy (non-hydrogen) atoms. The highest BCUT2D eigenvalue weighted by atomic mass is 32.1. The molecular weight excluding hydrogens is 647 g/mol. The predicted octanol–water partition coefficient (Wildman–Crippen LogP) is 14.7. The molecule has 9 rings (SSSR count). The summed E-state index contributed by atoms with van der Waals surface area (Å²) in [7, 11) is 0. The van der Waals surface area contributed by atoms with E-state index < -0.39 is 0 Å². The molecule has 0 fully saturated rings. The fourth-order valence-corrected chi connectivity index (χ4v) is 8.35. The van der Waals surface area contributed by atoms with Crippen LogP contribution in [-0.2, 0) is 0 Å². The second kappa shape index (κ2) is 14.0. The minimum absolute atomic E-state index is 1.11. The van der Waals surface area contributed by atoms with E-state index in [4.69, 9.17) is 0 Å². The fraction of sp³-hybridized carbons (Fsp3) is 0. The highest BCUT2D eigenvalue weighted by molar-refractivity contribution is 7.23. The van der Waals surface area contributed by atoms with Crippen molar-refractivity contribution in [1.82, 2.24) is 0 Å². The Morgan fingerprint density at radius 1 is 0.288 bits per heavy atom. The van der Waals surface area contributed by atoms with Crippen molar-refractivity contribution in [2.45, 2.75) is 0 Å². The van der Waals surface area contributed by atoms with Crippen molar-refractivity contribution in [3.05, 3.63) is 212 Å². The van der Waals surface area contributed by atoms with Crippen molar-refractivity contribution >= 4 is 38.5 Å². The smallest absolute Gasteiger partial charge is 0.0462 e. The molecule has 1 nitrogen and oxygen atoms in total. The lowest BCUT2D eigenvalue weighted by atomic mass is 9.97. The van der Waals surface area contributed by atoms with Crippen LogP contribution in [0.4, 0.5) is 17.1 Å². The largest absolute Gasteiger partial charge is 0.311 e. The molecule has 0 saturated heterocycles. The summed E-state index contributed by atoms with van der Waals surface area (Å²) in [6, 6.07) is 76.3. The first-order valence-electron chi connectivity index (χ1n) is 17.7. The van der Waals surface area contributed by atoms with Crippen molar-refractivity contribution < 1.29 is 0 Å². The van der Waals surface area contributed by atoms with Crippen LogP contribution in [0.25, 0.3) is 65.0 Å². The van der Waals surface area contributed by atoms with E-state index in [0.717, 1.165) is 17.1 Å². The topological polar surface area (TPSA) is 3.24 Å². The Hall–Kier alpha value is -6.48. The number of benzene rings is 8. The molecule has 8 aromatic carbocycles. The van der Waals surface area contributed by atoms with Crippen LogP contribution in [0.3, 0.4) is 0 Å². The van der Waals surface area contributed by atoms with Gasteiger partial charge in [0, 0.05) is 37.6 Å². The van der Waals surface area contributed by atoms with Crippen molar-refractivity contribution in [1.29, 1.82) is 0 Å². The second-order valence-corrected chi connectivity index (χ2v) is 14.0. The first-order valence-corrected chi connectivity index (χ1v) is 18.5. The van der Waals surface area contributed by atoms with E-state index >= 15 is 0 Å². The lowest BCUT2D eigenvalue weighted by Crippen LogP contribution is -2.09. The van der Waals surface area contributed by atoms with Gasteiger partial charge in [-0.3, -0.25) is 0 Å². The van der Waals surface area contributed by atoms with Gasteiger partial charge in [-0.15, -0.1) is 11.3 Å². The van der Waals surface area contributed by atoms with Gasteiger partial charge in [-0.25, -0.2) is 0 Å². The number of nitrogens with zero attached hydrogens (tertiary/aromatic N) is 1. The van der Waals surface area contributed by atoms with Crippen LogP contribution in [0.2, 0.25) is 0 Å². The van der Waals surface area contributed by atoms with Crippen molar-refractivity contribution in [3.63, 3.8) is 0 Å². The molecule has 0 amide bonds. The lowest BCUT2D eigenvalue weighted by Gasteiger charge is -2.26. The molecule has 0 aliphatic rings. The van der Waals surface area contributed by atoms with Crippen LogP contribution >= 0.6 is 11.3 Å². The molecule has 0 atom stereocenters. The second-order valence-electron chi connectivity index (χ2n) is 13.0. The van der Waals surface area contributed by atoms with Crippen LogP contribution in [0.15, 0.2) is 212 Å². The number of fused-ring (bicyclic) bond motifs is 1. The minimum Gasteiger partial charge on any atom is -0.311 e. The summed E-state index contributed by atoms with van der Waals surface area (Å²) in [4.78, 5) is 3.65. The predicted molar refractivity (Wildman–Crippen MR) is 224 cm³/mol. The van der Waals surface area contributed by atoms with Gasteiger partial charge in [0.2, 0.25) is 0 Å². The Balaban J connectivity index is 1.09. The summed E-state index contributed by atoms with van der Waals surface area (Å²) in [5.74, 6) is 0. The van der Waals surface area contributed by atoms with E-state index in [1.807, 2.05) is 11.3 Å². The maximum absolute atomic E-state index is 2.36. The average molecular weight is 682 g/mol. The van der Waals surface area contributed by atoms with Crippen LogP contribution in [-0.4, -0.2) is 0 Å². The molecule has 0 spiro atoms. The first-order chi connectivity index (χ1) is 25.8. The summed E-state index contributed by atoms with van der Waals surface area (Å²) >= 11 is 1.87.